The minimum atomic E-state index is -1.35. The van der Waals surface area contributed by atoms with Crippen molar-refractivity contribution in [3.8, 4) is 33.4 Å². The maximum Gasteiger partial charge on any atom is 0.143 e. The summed E-state index contributed by atoms with van der Waals surface area (Å²) in [5.74, 6) is 0. The Morgan fingerprint density at radius 3 is 1.65 bits per heavy atom. The van der Waals surface area contributed by atoms with Crippen LogP contribution in [0.5, 0.6) is 0 Å². The smallest absolute Gasteiger partial charge is 0.143 e. The molecular weight excluding hydrogens is 631 g/mol. The van der Waals surface area contributed by atoms with Gasteiger partial charge < -0.3 is 9.32 Å². The minimum absolute atomic E-state index is 0.336. The molecule has 10 aromatic rings. The first-order valence-corrected chi connectivity index (χ1v) is 15.1. The van der Waals surface area contributed by atoms with Gasteiger partial charge in [-0.25, -0.2) is 0 Å². The molecule has 9 aromatic carbocycles. The lowest BCUT2D eigenvalue weighted by Gasteiger charge is -2.27. The first-order chi connectivity index (χ1) is 39.5. The highest BCUT2D eigenvalue weighted by Crippen LogP contribution is 2.46. The second-order valence-corrected chi connectivity index (χ2v) is 10.8. The van der Waals surface area contributed by atoms with Crippen molar-refractivity contribution in [3.63, 3.8) is 0 Å². The highest BCUT2D eigenvalue weighted by Gasteiger charge is 2.22. The summed E-state index contributed by atoms with van der Waals surface area (Å²) < 4.78 is 304. The van der Waals surface area contributed by atoms with Gasteiger partial charge in [0, 0.05) is 32.9 Å². The van der Waals surface area contributed by atoms with Crippen LogP contribution in [-0.4, -0.2) is 0 Å². The zero-order chi connectivity index (χ0) is 63.2. The second-order valence-electron chi connectivity index (χ2n) is 10.8. The fourth-order valence-corrected chi connectivity index (χ4v) is 5.54. The fourth-order valence-electron chi connectivity index (χ4n) is 5.54. The number of furan rings is 1. The Balaban J connectivity index is 1.49. The summed E-state index contributed by atoms with van der Waals surface area (Å²) >= 11 is 0. The third kappa shape index (κ3) is 5.12. The molecule has 2 heteroatoms. The molecule has 0 radical (unpaired) electrons. The van der Waals surface area contributed by atoms with Gasteiger partial charge in [-0.2, -0.15) is 0 Å². The monoisotopic (exact) mass is 696 g/mol. The van der Waals surface area contributed by atoms with Crippen molar-refractivity contribution in [3.05, 3.63) is 199 Å². The van der Waals surface area contributed by atoms with Crippen molar-refractivity contribution < 1.29 is 49.7 Å². The summed E-state index contributed by atoms with van der Waals surface area (Å²) in [5.41, 5.74) is -10.5. The van der Waals surface area contributed by atoms with Crippen LogP contribution in [0.15, 0.2) is 204 Å². The van der Waals surface area contributed by atoms with Crippen molar-refractivity contribution in [1.82, 2.24) is 0 Å². The Morgan fingerprint density at radius 1 is 0.385 bits per heavy atom. The van der Waals surface area contributed by atoms with Gasteiger partial charge in [-0.1, -0.05) is 157 Å². The van der Waals surface area contributed by atoms with Crippen molar-refractivity contribution in [2.45, 2.75) is 0 Å². The normalized spacial score (nSPS) is 20.3. The predicted octanol–water partition coefficient (Wildman–Crippen LogP) is 14.4. The van der Waals surface area contributed by atoms with Gasteiger partial charge in [-0.05, 0) is 86.5 Å². The number of benzene rings is 9. The van der Waals surface area contributed by atoms with E-state index in [4.69, 9.17) is 31.8 Å². The number of hydrogen-bond acceptors (Lipinski definition) is 2. The maximum atomic E-state index is 10.3. The lowest BCUT2D eigenvalue weighted by atomic mass is 9.96. The van der Waals surface area contributed by atoms with Gasteiger partial charge in [0.2, 0.25) is 0 Å². The molecule has 0 aliphatic carbocycles. The third-order valence-electron chi connectivity index (χ3n) is 7.81. The van der Waals surface area contributed by atoms with E-state index in [1.165, 1.54) is 0 Å². The standard InChI is InChI=1S/C50H33NO/c1-3-12-34(13-4-1)36-24-28-41(29-25-36)51(42-30-26-37(27-31-42)40-23-22-35-14-7-8-17-39(35)32-40)47-33-46-49-43(38-15-5-2-6-16-38)20-11-21-48(49)52-50(46)45-19-10-9-18-44(45)47/h1-33H/i1D,2D,3D,4D,5D,6D,7D,8D,9D,10D,11D,12D,13D,14D,15D,16D,17D,18D,19D,20D,21D,22D,23D,24D,25D,26D,27D,28D,29D,30D,31D,32D,33D. The Hall–Kier alpha value is -6.90. The molecule has 0 aliphatic rings. The van der Waals surface area contributed by atoms with Crippen molar-refractivity contribution >= 4 is 60.5 Å². The topological polar surface area (TPSA) is 16.4 Å². The van der Waals surface area contributed by atoms with Crippen LogP contribution in [0, 0.1) is 0 Å². The van der Waals surface area contributed by atoms with Gasteiger partial charge in [0.05, 0.1) is 50.9 Å². The number of rotatable bonds is 6. The molecule has 1 heterocycles. The molecule has 0 atom stereocenters. The Bertz CT molecular complexity index is 4700. The Kier molecular flexibility index (Phi) is 2.77. The summed E-state index contributed by atoms with van der Waals surface area (Å²) in [7, 11) is 0. The number of nitrogens with zero attached hydrogens (tertiary/aromatic N) is 1. The molecule has 2 nitrogen and oxygen atoms in total. The third-order valence-corrected chi connectivity index (χ3v) is 7.81. The summed E-state index contributed by atoms with van der Waals surface area (Å²) in [6, 6.07) is -35.1. The molecule has 0 spiro atoms. The first kappa shape index (κ1) is 11.6. The van der Waals surface area contributed by atoms with E-state index in [0.29, 0.717) is 4.90 Å². The SMILES string of the molecule is [2H]c1c([2H])c([2H])c(-c2c([2H])c([2H])c(N(c3c([2H])c([2H])c(-c4c([2H])c([2H])c5c([2H])c([2H])c([2H])c([2H])c5c4[2H])c([2H])c3[2H])c3c([2H])c4c(oc5c([2H])c([2H])c([2H])c(-c6c([2H])c([2H])c([2H])c([2H])c6[2H])c54)c4c([2H])c([2H])c([2H])c([2H])c34)c([2H])c2[2H])c([2H])c1[2H]. The molecule has 0 unspecified atom stereocenters. The van der Waals surface area contributed by atoms with Gasteiger partial charge in [0.1, 0.15) is 11.2 Å². The van der Waals surface area contributed by atoms with Crippen LogP contribution < -0.4 is 4.90 Å². The van der Waals surface area contributed by atoms with Crippen LogP contribution in [-0.2, 0) is 0 Å². The van der Waals surface area contributed by atoms with Crippen molar-refractivity contribution in [1.29, 1.82) is 0 Å². The summed E-state index contributed by atoms with van der Waals surface area (Å²) in [4.78, 5) is 0.336. The van der Waals surface area contributed by atoms with Crippen LogP contribution in [0.25, 0.3) is 76.9 Å². The highest BCUT2D eigenvalue weighted by molar-refractivity contribution is 6.22. The van der Waals surface area contributed by atoms with E-state index in [0.717, 1.165) is 0 Å². The molecule has 0 fully saturated rings. The first-order valence-electron chi connectivity index (χ1n) is 31.6. The molecule has 0 N–H and O–H groups in total. The van der Waals surface area contributed by atoms with E-state index in [1.54, 1.807) is 0 Å². The zero-order valence-electron chi connectivity index (χ0n) is 58.9. The number of hydrogen-bond donors (Lipinski definition) is 0. The van der Waals surface area contributed by atoms with E-state index in [1.807, 2.05) is 0 Å². The van der Waals surface area contributed by atoms with Crippen LogP contribution in [0.1, 0.15) is 45.2 Å². The number of anilines is 3. The van der Waals surface area contributed by atoms with Crippen molar-refractivity contribution in [2.75, 3.05) is 4.90 Å². The molecule has 0 amide bonds. The van der Waals surface area contributed by atoms with E-state index in [-0.39, 0.29) is 0 Å². The second kappa shape index (κ2) is 12.5. The van der Waals surface area contributed by atoms with Crippen LogP contribution in [0.4, 0.5) is 17.1 Å². The lowest BCUT2D eigenvalue weighted by molar-refractivity contribution is 0.673. The van der Waals surface area contributed by atoms with Crippen LogP contribution >= 0.6 is 0 Å². The van der Waals surface area contributed by atoms with E-state index in [9.17, 15) is 17.8 Å². The molecule has 0 bridgehead atoms. The molecule has 52 heavy (non-hydrogen) atoms. The Morgan fingerprint density at radius 2 is 0.942 bits per heavy atom. The van der Waals surface area contributed by atoms with Gasteiger partial charge in [-0.3, -0.25) is 0 Å². The summed E-state index contributed by atoms with van der Waals surface area (Å²) in [6.07, 6.45) is 0. The average Bonchev–Trinajstić information content (AvgIpc) is 1.78. The molecule has 0 saturated heterocycles. The van der Waals surface area contributed by atoms with Gasteiger partial charge in [0.15, 0.2) is 0 Å². The molecule has 10 rings (SSSR count). The maximum absolute atomic E-state index is 10.3. The number of fused-ring (bicyclic) bond motifs is 6. The predicted molar refractivity (Wildman–Crippen MR) is 220 cm³/mol. The van der Waals surface area contributed by atoms with Gasteiger partial charge in [0.25, 0.3) is 0 Å². The van der Waals surface area contributed by atoms with E-state index >= 15 is 0 Å². The van der Waals surface area contributed by atoms with Gasteiger partial charge >= 0.3 is 0 Å². The summed E-state index contributed by atoms with van der Waals surface area (Å²) in [6.45, 7) is 0. The molecule has 1 aromatic heterocycles. The fraction of sp³-hybridized carbons (Fsp3) is 0. The van der Waals surface area contributed by atoms with Crippen molar-refractivity contribution in [2.24, 2.45) is 0 Å². The lowest BCUT2D eigenvalue weighted by Crippen LogP contribution is -2.10. The highest BCUT2D eigenvalue weighted by atomic mass is 16.3. The van der Waals surface area contributed by atoms with E-state index < -0.39 is 293 Å². The van der Waals surface area contributed by atoms with E-state index in [2.05, 4.69) is 0 Å². The molecule has 0 aliphatic heterocycles. The molecule has 0 saturated carbocycles. The largest absolute Gasteiger partial charge is 0.455 e. The quantitative estimate of drug-likeness (QED) is 0.172. The Labute approximate surface area is 348 Å². The summed E-state index contributed by atoms with van der Waals surface area (Å²) in [5, 5.41) is -4.54. The van der Waals surface area contributed by atoms with Crippen LogP contribution in [0.2, 0.25) is 0 Å². The zero-order valence-corrected chi connectivity index (χ0v) is 25.9. The van der Waals surface area contributed by atoms with Gasteiger partial charge in [-0.15, -0.1) is 0 Å². The molecular formula is C50H33NO. The minimum Gasteiger partial charge on any atom is -0.455 e. The molecule has 244 valence electrons. The average molecular weight is 697 g/mol. The van der Waals surface area contributed by atoms with Crippen LogP contribution in [0.3, 0.4) is 0 Å².